The lowest BCUT2D eigenvalue weighted by Crippen LogP contribution is -2.53. The number of esters is 1. The number of ether oxygens (including phenoxy) is 2. The summed E-state index contributed by atoms with van der Waals surface area (Å²) in [4.78, 5) is 14.7. The molecule has 0 spiro atoms. The molecule has 0 radical (unpaired) electrons. The molecule has 1 fully saturated rings. The molecule has 2 atom stereocenters. The maximum Gasteiger partial charge on any atom is 0.332 e. The fraction of sp³-hybridized carbons (Fsp3) is 0.346. The van der Waals surface area contributed by atoms with Gasteiger partial charge in [0.05, 0.1) is 13.2 Å². The smallest absolute Gasteiger partial charge is 0.332 e. The quantitative estimate of drug-likeness (QED) is 0.531. The summed E-state index contributed by atoms with van der Waals surface area (Å²) in [5.41, 5.74) is 2.17. The van der Waals surface area contributed by atoms with Crippen LogP contribution >= 0.6 is 0 Å². The van der Waals surface area contributed by atoms with Crippen LogP contribution in [-0.4, -0.2) is 42.7 Å². The molecule has 0 bridgehead atoms. The Labute approximate surface area is 177 Å². The van der Waals surface area contributed by atoms with Crippen molar-refractivity contribution in [3.63, 3.8) is 0 Å². The summed E-state index contributed by atoms with van der Waals surface area (Å²) in [5, 5.41) is 2.24. The number of benzene rings is 2. The van der Waals surface area contributed by atoms with Gasteiger partial charge >= 0.3 is 5.97 Å². The van der Waals surface area contributed by atoms with Crippen LogP contribution < -0.4 is 4.74 Å². The number of hydrogen-bond donors (Lipinski definition) is 0. The van der Waals surface area contributed by atoms with Crippen molar-refractivity contribution in [2.75, 3.05) is 20.2 Å². The molecule has 1 saturated heterocycles. The van der Waals surface area contributed by atoms with Gasteiger partial charge in [0.25, 0.3) is 0 Å². The Morgan fingerprint density at radius 1 is 1.13 bits per heavy atom. The van der Waals surface area contributed by atoms with E-state index >= 15 is 0 Å². The zero-order valence-electron chi connectivity index (χ0n) is 17.4. The van der Waals surface area contributed by atoms with Gasteiger partial charge in [-0.25, -0.2) is 4.79 Å². The topological polar surface area (TPSA) is 38.8 Å². The molecule has 0 aliphatic carbocycles. The van der Waals surface area contributed by atoms with Crippen molar-refractivity contribution < 1.29 is 14.3 Å². The molecule has 2 aromatic rings. The zero-order chi connectivity index (χ0) is 20.7. The minimum Gasteiger partial charge on any atom is -0.497 e. The first-order valence-corrected chi connectivity index (χ1v) is 10.6. The van der Waals surface area contributed by atoms with E-state index in [0.717, 1.165) is 52.7 Å². The fourth-order valence-electron chi connectivity index (χ4n) is 4.99. The summed E-state index contributed by atoms with van der Waals surface area (Å²) in [7, 11) is 1.67. The van der Waals surface area contributed by atoms with E-state index in [9.17, 15) is 4.79 Å². The molecule has 5 rings (SSSR count). The van der Waals surface area contributed by atoms with Gasteiger partial charge in [0.1, 0.15) is 5.75 Å². The number of nitrogens with zero attached hydrogens (tertiary/aromatic N) is 1. The number of hydrogen-bond acceptors (Lipinski definition) is 4. The molecule has 4 nitrogen and oxygen atoms in total. The molecule has 0 unspecified atom stereocenters. The summed E-state index contributed by atoms with van der Waals surface area (Å²) in [6.07, 6.45) is 7.21. The van der Waals surface area contributed by atoms with Gasteiger partial charge in [0, 0.05) is 29.3 Å². The third-order valence-corrected chi connectivity index (χ3v) is 6.57. The second kappa shape index (κ2) is 7.34. The van der Waals surface area contributed by atoms with E-state index in [1.165, 1.54) is 12.8 Å². The lowest BCUT2D eigenvalue weighted by atomic mass is 9.81. The molecule has 0 N–H and O–H groups in total. The van der Waals surface area contributed by atoms with Gasteiger partial charge in [-0.3, -0.25) is 4.90 Å². The van der Waals surface area contributed by atoms with Crippen LogP contribution in [0.2, 0.25) is 0 Å². The maximum atomic E-state index is 12.2. The average molecular weight is 399 g/mol. The highest BCUT2D eigenvalue weighted by molar-refractivity contribution is 5.89. The van der Waals surface area contributed by atoms with E-state index in [-0.39, 0.29) is 12.0 Å². The first kappa shape index (κ1) is 19.0. The van der Waals surface area contributed by atoms with Gasteiger partial charge in [0.15, 0.2) is 5.60 Å². The van der Waals surface area contributed by atoms with Crippen LogP contribution in [0.3, 0.4) is 0 Å². The normalized spacial score (nSPS) is 25.8. The number of fused-ring (bicyclic) bond motifs is 4. The molecule has 0 amide bonds. The Balaban J connectivity index is 1.51. The van der Waals surface area contributed by atoms with Gasteiger partial charge in [-0.2, -0.15) is 0 Å². The molecule has 0 saturated carbocycles. The first-order valence-electron chi connectivity index (χ1n) is 10.6. The molecular formula is C26H25NO3. The highest BCUT2D eigenvalue weighted by Crippen LogP contribution is 2.42. The summed E-state index contributed by atoms with van der Waals surface area (Å²) < 4.78 is 11.2. The number of carbonyl (C=O) groups is 1. The van der Waals surface area contributed by atoms with Gasteiger partial charge in [-0.05, 0) is 61.3 Å². The minimum absolute atomic E-state index is 0.218. The molecule has 4 heteroatoms. The van der Waals surface area contributed by atoms with Gasteiger partial charge in [0.2, 0.25) is 0 Å². The van der Waals surface area contributed by atoms with Crippen molar-refractivity contribution >= 4 is 16.7 Å². The summed E-state index contributed by atoms with van der Waals surface area (Å²) >= 11 is 0. The van der Waals surface area contributed by atoms with Gasteiger partial charge in [-0.15, -0.1) is 0 Å². The molecule has 3 aliphatic rings. The third-order valence-electron chi connectivity index (χ3n) is 6.57. The molecule has 2 aromatic carbocycles. The van der Waals surface area contributed by atoms with Crippen molar-refractivity contribution in [2.45, 2.75) is 37.8 Å². The second-order valence-electron chi connectivity index (χ2n) is 8.39. The van der Waals surface area contributed by atoms with E-state index in [1.54, 1.807) is 13.2 Å². The van der Waals surface area contributed by atoms with Crippen LogP contribution in [0.15, 0.2) is 59.7 Å². The first-order chi connectivity index (χ1) is 14.6. The summed E-state index contributed by atoms with van der Waals surface area (Å²) in [6.45, 7) is 3.93. The van der Waals surface area contributed by atoms with Crippen molar-refractivity contribution in [1.82, 2.24) is 4.90 Å². The average Bonchev–Trinajstić information content (AvgIpc) is 3.02. The van der Waals surface area contributed by atoms with E-state index in [1.807, 2.05) is 24.3 Å². The summed E-state index contributed by atoms with van der Waals surface area (Å²) in [6, 6.07) is 12.4. The van der Waals surface area contributed by atoms with E-state index in [4.69, 9.17) is 9.47 Å². The standard InChI is InChI=1S/C26H25NO3/c1-26-23(17-25(28)30-26)19(12-14-27-13-4-3-5-24(26)27)8-6-18-7-9-21-16-22(29-2)11-10-20(21)15-18/h7,9-12,15-17,24H,3-5,13-14H2,1-2H3/t24-,26+/m1/s1. The maximum absolute atomic E-state index is 12.2. The predicted octanol–water partition coefficient (Wildman–Crippen LogP) is 4.24. The monoisotopic (exact) mass is 399 g/mol. The highest BCUT2D eigenvalue weighted by atomic mass is 16.6. The molecule has 30 heavy (non-hydrogen) atoms. The van der Waals surface area contributed by atoms with Crippen LogP contribution in [0.1, 0.15) is 31.7 Å². The van der Waals surface area contributed by atoms with Crippen LogP contribution in [0.4, 0.5) is 0 Å². The Morgan fingerprint density at radius 3 is 2.83 bits per heavy atom. The van der Waals surface area contributed by atoms with Gasteiger partial charge < -0.3 is 9.47 Å². The molecule has 152 valence electrons. The van der Waals surface area contributed by atoms with Crippen LogP contribution in [0.5, 0.6) is 5.75 Å². The number of methoxy groups -OCH3 is 1. The van der Waals surface area contributed by atoms with E-state index in [0.29, 0.717) is 0 Å². The van der Waals surface area contributed by atoms with Crippen LogP contribution in [0.25, 0.3) is 10.8 Å². The van der Waals surface area contributed by atoms with Crippen LogP contribution in [0, 0.1) is 11.8 Å². The molecular weight excluding hydrogens is 374 g/mol. The number of rotatable bonds is 1. The number of carbonyl (C=O) groups excluding carboxylic acids is 1. The Morgan fingerprint density at radius 2 is 1.97 bits per heavy atom. The lowest BCUT2D eigenvalue weighted by molar-refractivity contribution is -0.150. The zero-order valence-corrected chi connectivity index (χ0v) is 17.4. The van der Waals surface area contributed by atoms with Crippen molar-refractivity contribution in [3.8, 4) is 17.6 Å². The number of piperidine rings is 1. The third kappa shape index (κ3) is 3.20. The van der Waals surface area contributed by atoms with E-state index in [2.05, 4.69) is 41.9 Å². The molecule has 3 heterocycles. The Kier molecular flexibility index (Phi) is 4.64. The van der Waals surface area contributed by atoms with E-state index < -0.39 is 5.60 Å². The largest absolute Gasteiger partial charge is 0.497 e. The Bertz CT molecular complexity index is 1150. The molecule has 0 aromatic heterocycles. The minimum atomic E-state index is -0.617. The van der Waals surface area contributed by atoms with Crippen molar-refractivity contribution in [3.05, 3.63) is 65.3 Å². The second-order valence-corrected chi connectivity index (χ2v) is 8.39. The lowest BCUT2D eigenvalue weighted by Gasteiger charge is -2.43. The Hall–Kier alpha value is -3.03. The van der Waals surface area contributed by atoms with Crippen molar-refractivity contribution in [2.24, 2.45) is 0 Å². The molecule has 3 aliphatic heterocycles. The van der Waals surface area contributed by atoms with Crippen molar-refractivity contribution in [1.29, 1.82) is 0 Å². The SMILES string of the molecule is COc1ccc2cc(C#CC3=CCN4CCCC[C@@H]4[C@@]4(C)OC(=O)C=C34)ccc2c1. The summed E-state index contributed by atoms with van der Waals surface area (Å²) in [5.74, 6) is 7.25. The predicted molar refractivity (Wildman–Crippen MR) is 117 cm³/mol. The van der Waals surface area contributed by atoms with Gasteiger partial charge in [-0.1, -0.05) is 36.5 Å². The highest BCUT2D eigenvalue weighted by Gasteiger charge is 2.50. The fourth-order valence-corrected chi connectivity index (χ4v) is 4.99. The van der Waals surface area contributed by atoms with Crippen LogP contribution in [-0.2, 0) is 9.53 Å².